The van der Waals surface area contributed by atoms with Gasteiger partial charge in [-0.05, 0) is 68.5 Å². The van der Waals surface area contributed by atoms with Crippen LogP contribution in [0.1, 0.15) is 73.3 Å². The molecule has 0 radical (unpaired) electrons. The van der Waals surface area contributed by atoms with Gasteiger partial charge in [0.05, 0.1) is 0 Å². The van der Waals surface area contributed by atoms with E-state index in [2.05, 4.69) is 32.0 Å². The molecule has 154 valence electrons. The Labute approximate surface area is 185 Å². The molecule has 2 aromatic heterocycles. The Hall–Kier alpha value is -2.61. The number of rotatable bonds is 2. The van der Waals surface area contributed by atoms with E-state index in [4.69, 9.17) is 8.53 Å². The Morgan fingerprint density at radius 1 is 1.03 bits per heavy atom. The fraction of sp³-hybridized carbons (Fsp3) is 0.393. The monoisotopic (exact) mass is 402 g/mol. The third-order valence-electron chi connectivity index (χ3n) is 6.83. The van der Waals surface area contributed by atoms with Gasteiger partial charge in [-0.1, -0.05) is 38.1 Å². The average molecular weight is 403 g/mol. The van der Waals surface area contributed by atoms with E-state index in [1.165, 1.54) is 0 Å². The molecule has 2 heterocycles. The molecule has 0 saturated heterocycles. The van der Waals surface area contributed by atoms with Crippen molar-refractivity contribution < 1.29 is 14.5 Å². The van der Waals surface area contributed by atoms with Crippen LogP contribution in [0.25, 0.3) is 27.6 Å². The highest BCUT2D eigenvalue weighted by atomic mass is 16.3. The zero-order valence-electron chi connectivity index (χ0n) is 22.3. The number of aryl methyl sites for hydroxylation is 3. The Bertz CT molecular complexity index is 1400. The SMILES string of the molecule is [2H]C([2H])([2H])c1cc(C)[n+](-c2c(C)ccc3c2oc2ccccc23)cc1C1([2H])CCC(C)(C)CC1. The van der Waals surface area contributed by atoms with E-state index in [-0.39, 0.29) is 5.41 Å². The molecule has 0 spiro atoms. The van der Waals surface area contributed by atoms with E-state index < -0.39 is 12.7 Å². The van der Waals surface area contributed by atoms with Crippen LogP contribution < -0.4 is 4.57 Å². The maximum Gasteiger partial charge on any atom is 0.257 e. The molecule has 5 rings (SSSR count). The van der Waals surface area contributed by atoms with Crippen molar-refractivity contribution in [2.45, 2.75) is 66.1 Å². The molecule has 2 aromatic carbocycles. The van der Waals surface area contributed by atoms with Crippen LogP contribution in [0, 0.1) is 26.1 Å². The minimum atomic E-state index is -2.28. The largest absolute Gasteiger partial charge is 0.449 e. The number of nitrogens with zero attached hydrogens (tertiary/aromatic N) is 1. The van der Waals surface area contributed by atoms with Crippen LogP contribution in [0.15, 0.2) is 53.1 Å². The number of hydrogen-bond acceptors (Lipinski definition) is 1. The molecular weight excluding hydrogens is 366 g/mol. The van der Waals surface area contributed by atoms with Crippen LogP contribution in [-0.4, -0.2) is 0 Å². The minimum absolute atomic E-state index is 0.182. The summed E-state index contributed by atoms with van der Waals surface area (Å²) in [5.74, 6) is -0.926. The molecule has 0 amide bonds. The van der Waals surface area contributed by atoms with Crippen molar-refractivity contribution >= 4 is 21.9 Å². The summed E-state index contributed by atoms with van der Waals surface area (Å²) < 4.78 is 42.5. The van der Waals surface area contributed by atoms with Crippen LogP contribution in [0.4, 0.5) is 0 Å². The summed E-state index contributed by atoms with van der Waals surface area (Å²) in [5.41, 5.74) is 5.46. The first-order chi connectivity index (χ1) is 15.9. The van der Waals surface area contributed by atoms with Crippen molar-refractivity contribution in [3.63, 3.8) is 0 Å². The summed E-state index contributed by atoms with van der Waals surface area (Å²) in [5, 5.41) is 2.09. The van der Waals surface area contributed by atoms with Crippen LogP contribution in [0.3, 0.4) is 0 Å². The fourth-order valence-electron chi connectivity index (χ4n) is 4.85. The maximum absolute atomic E-state index is 9.41. The molecule has 4 aromatic rings. The van der Waals surface area contributed by atoms with Gasteiger partial charge < -0.3 is 4.42 Å². The normalized spacial score (nSPS) is 20.5. The minimum Gasteiger partial charge on any atom is -0.449 e. The second-order valence-electron chi connectivity index (χ2n) is 9.59. The van der Waals surface area contributed by atoms with E-state index in [1.54, 1.807) is 6.07 Å². The quantitative estimate of drug-likeness (QED) is 0.318. The number of aromatic nitrogens is 1. The fourth-order valence-corrected chi connectivity index (χ4v) is 4.85. The Kier molecular flexibility index (Phi) is 3.54. The zero-order chi connectivity index (χ0) is 24.5. The van der Waals surface area contributed by atoms with E-state index in [0.717, 1.165) is 51.7 Å². The molecule has 0 N–H and O–H groups in total. The third-order valence-corrected chi connectivity index (χ3v) is 6.83. The second-order valence-corrected chi connectivity index (χ2v) is 9.59. The van der Waals surface area contributed by atoms with Gasteiger partial charge in [0.15, 0.2) is 11.9 Å². The number of benzene rings is 2. The van der Waals surface area contributed by atoms with Crippen LogP contribution in [0.5, 0.6) is 0 Å². The lowest BCUT2D eigenvalue weighted by Gasteiger charge is -2.34. The number of fused-ring (bicyclic) bond motifs is 3. The third kappa shape index (κ3) is 3.14. The van der Waals surface area contributed by atoms with Crippen molar-refractivity contribution in [3.05, 3.63) is 71.0 Å². The molecule has 1 saturated carbocycles. The van der Waals surface area contributed by atoms with Gasteiger partial charge in [0.25, 0.3) is 5.69 Å². The van der Waals surface area contributed by atoms with E-state index in [9.17, 15) is 1.37 Å². The molecule has 0 atom stereocenters. The lowest BCUT2D eigenvalue weighted by atomic mass is 9.71. The molecular formula is C28H32NO+. The molecule has 2 nitrogen and oxygen atoms in total. The topological polar surface area (TPSA) is 17.0 Å². The first kappa shape index (κ1) is 15.2. The molecule has 2 heteroatoms. The number of hydrogen-bond donors (Lipinski definition) is 0. The summed E-state index contributed by atoms with van der Waals surface area (Å²) in [4.78, 5) is 0. The second kappa shape index (κ2) is 6.97. The van der Waals surface area contributed by atoms with Gasteiger partial charge in [-0.15, -0.1) is 0 Å². The predicted octanol–water partition coefficient (Wildman–Crippen LogP) is 7.47. The smallest absolute Gasteiger partial charge is 0.257 e. The maximum atomic E-state index is 9.41. The Balaban J connectivity index is 1.78. The standard InChI is InChI=1S/C28H32NO/c1-18-10-11-23-22-8-6-7-9-25(22)30-27(23)26(18)29-17-24(19(2)16-20(29)3)21-12-14-28(4,5)15-13-21/h6-11,16-17,21H,12-15H2,1-5H3/q+1/i2D3,21D. The highest BCUT2D eigenvalue weighted by Crippen LogP contribution is 2.43. The number of furan rings is 1. The van der Waals surface area contributed by atoms with Gasteiger partial charge in [-0.25, -0.2) is 0 Å². The number of para-hydroxylation sites is 1. The predicted molar refractivity (Wildman–Crippen MR) is 124 cm³/mol. The molecule has 30 heavy (non-hydrogen) atoms. The van der Waals surface area contributed by atoms with Gasteiger partial charge >= 0.3 is 0 Å². The lowest BCUT2D eigenvalue weighted by molar-refractivity contribution is -0.602. The van der Waals surface area contributed by atoms with Crippen LogP contribution in [-0.2, 0) is 0 Å². The van der Waals surface area contributed by atoms with Gasteiger partial charge in [-0.2, -0.15) is 4.57 Å². The van der Waals surface area contributed by atoms with Gasteiger partial charge in [0.1, 0.15) is 5.58 Å². The summed E-state index contributed by atoms with van der Waals surface area (Å²) in [6.07, 6.45) is 5.03. The van der Waals surface area contributed by atoms with E-state index >= 15 is 0 Å². The summed E-state index contributed by atoms with van der Waals surface area (Å²) in [7, 11) is 0. The van der Waals surface area contributed by atoms with Gasteiger partial charge in [-0.3, -0.25) is 0 Å². The molecule has 1 fully saturated rings. The summed E-state index contributed by atoms with van der Waals surface area (Å²) >= 11 is 0. The summed E-state index contributed by atoms with van der Waals surface area (Å²) in [6.45, 7) is 6.17. The van der Waals surface area contributed by atoms with E-state index in [1.807, 2.05) is 42.8 Å². The van der Waals surface area contributed by atoms with Crippen LogP contribution in [0.2, 0.25) is 0 Å². The van der Waals surface area contributed by atoms with Crippen molar-refractivity contribution in [1.82, 2.24) is 0 Å². The zero-order valence-corrected chi connectivity index (χ0v) is 18.3. The van der Waals surface area contributed by atoms with E-state index in [0.29, 0.717) is 24.0 Å². The molecule has 0 aliphatic heterocycles. The lowest BCUT2D eigenvalue weighted by Crippen LogP contribution is -2.36. The Morgan fingerprint density at radius 3 is 2.57 bits per heavy atom. The summed E-state index contributed by atoms with van der Waals surface area (Å²) in [6, 6.07) is 13.9. The molecule has 0 bridgehead atoms. The molecule has 0 unspecified atom stereocenters. The van der Waals surface area contributed by atoms with Crippen molar-refractivity contribution in [1.29, 1.82) is 0 Å². The van der Waals surface area contributed by atoms with Crippen molar-refractivity contribution in [2.75, 3.05) is 0 Å². The highest BCUT2D eigenvalue weighted by molar-refractivity contribution is 6.07. The number of pyridine rings is 1. The first-order valence-electron chi connectivity index (χ1n) is 12.9. The average Bonchev–Trinajstić information content (AvgIpc) is 3.14. The van der Waals surface area contributed by atoms with Gasteiger partial charge in [0, 0.05) is 40.4 Å². The Morgan fingerprint density at radius 2 is 1.80 bits per heavy atom. The highest BCUT2D eigenvalue weighted by Gasteiger charge is 2.31. The van der Waals surface area contributed by atoms with Crippen molar-refractivity contribution in [2.24, 2.45) is 5.41 Å². The van der Waals surface area contributed by atoms with Crippen molar-refractivity contribution in [3.8, 4) is 5.69 Å². The molecule has 1 aliphatic rings. The molecule has 1 aliphatic carbocycles. The van der Waals surface area contributed by atoms with Crippen LogP contribution >= 0.6 is 0 Å². The first-order valence-corrected chi connectivity index (χ1v) is 10.9. The van der Waals surface area contributed by atoms with Gasteiger partial charge in [0.2, 0.25) is 5.58 Å².